The Morgan fingerprint density at radius 1 is 0.564 bits per heavy atom. The van der Waals surface area contributed by atoms with Gasteiger partial charge in [-0.1, -0.05) is 77.6 Å². The molecule has 0 saturated carbocycles. The van der Waals surface area contributed by atoms with E-state index in [0.717, 1.165) is 61.2 Å². The third kappa shape index (κ3) is 15.3. The molecule has 2 aromatic carbocycles. The van der Waals surface area contributed by atoms with Crippen molar-refractivity contribution in [3.05, 3.63) is 58.7 Å². The van der Waals surface area contributed by atoms with Crippen LogP contribution in [0.4, 0.5) is 0 Å². The van der Waals surface area contributed by atoms with Crippen molar-refractivity contribution in [2.75, 3.05) is 12.5 Å². The molecule has 0 saturated heterocycles. The maximum Gasteiger partial charge on any atom is 2.00 e. The van der Waals surface area contributed by atoms with Gasteiger partial charge in [-0.25, -0.2) is 20.1 Å². The summed E-state index contributed by atoms with van der Waals surface area (Å²) >= 11 is 9.31. The normalized spacial score (nSPS) is 12.6. The van der Waals surface area contributed by atoms with E-state index in [1.54, 1.807) is 12.5 Å². The van der Waals surface area contributed by atoms with E-state index < -0.39 is 31.5 Å². The van der Waals surface area contributed by atoms with Crippen LogP contribution in [0.25, 0.3) is 0 Å². The molecule has 0 amide bonds. The van der Waals surface area contributed by atoms with Crippen LogP contribution < -0.4 is 19.6 Å². The van der Waals surface area contributed by atoms with Crippen molar-refractivity contribution in [2.24, 2.45) is 0 Å². The minimum atomic E-state index is -3.71. The third-order valence-electron chi connectivity index (χ3n) is 5.81. The zero-order chi connectivity index (χ0) is 27.5. The second kappa shape index (κ2) is 22.8. The number of rotatable bonds is 10. The Morgan fingerprint density at radius 2 is 0.846 bits per heavy atom. The quantitative estimate of drug-likeness (QED) is 0.203. The van der Waals surface area contributed by atoms with Crippen molar-refractivity contribution in [2.45, 2.75) is 88.9 Å². The van der Waals surface area contributed by atoms with Crippen LogP contribution in [0.2, 0.25) is 0 Å². The van der Waals surface area contributed by atoms with Crippen molar-refractivity contribution < 1.29 is 78.0 Å². The molecule has 208 valence electrons. The summed E-state index contributed by atoms with van der Waals surface area (Å²) in [6.45, 7) is 8.51. The molecule has 0 aliphatic carbocycles. The predicted octanol–water partition coefficient (Wildman–Crippen LogP) is 4.28. The zero-order valence-corrected chi connectivity index (χ0v) is 38.4. The third-order valence-corrected chi connectivity index (χ3v) is 18.4. The van der Waals surface area contributed by atoms with Crippen LogP contribution in [-0.4, -0.2) is 12.5 Å². The Morgan fingerprint density at radius 3 is 1.08 bits per heavy atom. The molecule has 0 bridgehead atoms. The Hall–Kier alpha value is 2.41. The fraction of sp³-hybridized carbons (Fsp3) is 0.538. The summed E-state index contributed by atoms with van der Waals surface area (Å²) in [7, 11) is -1.73. The van der Waals surface area contributed by atoms with E-state index >= 15 is 0 Å². The number of hydrogen-bond acceptors (Lipinski definition) is 6. The van der Waals surface area contributed by atoms with E-state index in [1.807, 2.05) is 24.3 Å². The maximum absolute atomic E-state index is 11.6. The van der Waals surface area contributed by atoms with Gasteiger partial charge in [-0.3, -0.25) is 0 Å². The van der Waals surface area contributed by atoms with Crippen molar-refractivity contribution in [1.82, 2.24) is 0 Å². The molecule has 0 radical (unpaired) electrons. The average Bonchev–Trinajstić information content (AvgIpc) is 2.80. The minimum absolute atomic E-state index is 0. The molecule has 2 rings (SSSR count). The van der Waals surface area contributed by atoms with Gasteiger partial charge in [0, 0.05) is 9.79 Å². The second-order valence-corrected chi connectivity index (χ2v) is 23.7. The van der Waals surface area contributed by atoms with Gasteiger partial charge in [0.05, 0.1) is 0 Å². The first-order valence-electron chi connectivity index (χ1n) is 12.4. The summed E-state index contributed by atoms with van der Waals surface area (Å²) in [6, 6.07) is 12.0. The molecule has 4 nitrogen and oxygen atoms in total. The van der Waals surface area contributed by atoms with Gasteiger partial charge >= 0.3 is 58.4 Å². The van der Waals surface area contributed by atoms with Gasteiger partial charge in [0.1, 0.15) is 0 Å². The summed E-state index contributed by atoms with van der Waals surface area (Å²) < 4.78 is 0. The molecule has 2 aromatic rings. The van der Waals surface area contributed by atoms with Gasteiger partial charge in [-0.2, -0.15) is 0 Å². The topological polar surface area (TPSA) is 92.2 Å². The Balaban J connectivity index is -0.000000617. The minimum Gasteiger partial charge on any atom is -0.853 e. The van der Waals surface area contributed by atoms with Crippen molar-refractivity contribution in [1.29, 1.82) is 0 Å². The van der Waals surface area contributed by atoms with Gasteiger partial charge in [0.25, 0.3) is 0 Å². The maximum atomic E-state index is 11.6. The van der Waals surface area contributed by atoms with E-state index in [4.69, 9.17) is 0 Å². The molecule has 0 spiro atoms. The van der Waals surface area contributed by atoms with Gasteiger partial charge in [0.2, 0.25) is 0 Å². The van der Waals surface area contributed by atoms with E-state index in [2.05, 4.69) is 64.3 Å². The fourth-order valence-corrected chi connectivity index (χ4v) is 10.2. The predicted molar refractivity (Wildman–Crippen MR) is 161 cm³/mol. The zero-order valence-electron chi connectivity index (χ0n) is 24.4. The molecule has 0 aliphatic heterocycles. The van der Waals surface area contributed by atoms with E-state index in [1.165, 1.54) is 22.3 Å². The van der Waals surface area contributed by atoms with Gasteiger partial charge < -0.3 is 55.5 Å². The van der Waals surface area contributed by atoms with Crippen LogP contribution in [-0.2, 0) is 129 Å². The first-order chi connectivity index (χ1) is 16.8. The molecule has 0 heterocycles. The van der Waals surface area contributed by atoms with Crippen LogP contribution in [0.15, 0.2) is 46.2 Å². The molecule has 0 N–H and O–H groups in total. The molecule has 0 aromatic heterocycles. The standard InChI is InChI=1S/2C13H20O2PS2.3Zn/c2*1-4-7-11-9-6-10-13(12(11)8-5-2)18(3)16(14,15)17;;;/h2*6,9-10H,4-5,7-8H2,1-3H3;;;/q2*-3;3*+2. The van der Waals surface area contributed by atoms with Crippen LogP contribution in [0.1, 0.15) is 75.6 Å². The molecule has 0 fully saturated rings. The van der Waals surface area contributed by atoms with Crippen molar-refractivity contribution >= 4 is 56.0 Å². The van der Waals surface area contributed by atoms with Crippen LogP contribution in [0, 0.1) is 0 Å². The molecular formula is C26H40O4P2S4Zn3. The summed E-state index contributed by atoms with van der Waals surface area (Å²) in [4.78, 5) is 48.3. The largest absolute Gasteiger partial charge is 2.00 e. The molecule has 2 unspecified atom stereocenters. The Labute approximate surface area is 291 Å². The SMILES string of the molecule is CCCc1cccc(S(C)=P([O-])([O-])[S-])c1CCC.CCCc1cccc(S(C)=P([O-])([O-])[S-])c1CCC.[Zn+2].[Zn+2].[Zn+2]. The molecule has 39 heavy (non-hydrogen) atoms. The summed E-state index contributed by atoms with van der Waals surface area (Å²) in [5.74, 6) is 0. The molecule has 2 atom stereocenters. The van der Waals surface area contributed by atoms with Crippen LogP contribution in [0.3, 0.4) is 0 Å². The second-order valence-electron chi connectivity index (χ2n) is 8.64. The van der Waals surface area contributed by atoms with E-state index in [-0.39, 0.29) is 58.4 Å². The first kappa shape index (κ1) is 45.8. The smallest absolute Gasteiger partial charge is 0.853 e. The monoisotopic (exact) mass is 798 g/mol. The Bertz CT molecular complexity index is 1020. The Kier molecular flexibility index (Phi) is 26.9. The van der Waals surface area contributed by atoms with E-state index in [9.17, 15) is 19.6 Å². The summed E-state index contributed by atoms with van der Waals surface area (Å²) in [6.07, 6.45) is 11.5. The fourth-order valence-electron chi connectivity index (χ4n) is 4.09. The number of aryl methyl sites for hydroxylation is 2. The van der Waals surface area contributed by atoms with Crippen LogP contribution in [0.5, 0.6) is 0 Å². The number of benzene rings is 2. The van der Waals surface area contributed by atoms with Crippen LogP contribution >= 0.6 is 11.4 Å². The van der Waals surface area contributed by atoms with E-state index in [0.29, 0.717) is 0 Å². The van der Waals surface area contributed by atoms with Crippen molar-refractivity contribution in [3.63, 3.8) is 0 Å². The van der Waals surface area contributed by atoms with Crippen molar-refractivity contribution in [3.8, 4) is 0 Å². The van der Waals surface area contributed by atoms with Gasteiger partial charge in [0.15, 0.2) is 0 Å². The van der Waals surface area contributed by atoms with Gasteiger partial charge in [-0.05, 0) is 72.6 Å². The molecule has 13 heteroatoms. The average molecular weight is 803 g/mol. The first-order valence-corrected chi connectivity index (χ1v) is 22.2. The summed E-state index contributed by atoms with van der Waals surface area (Å²) in [5.41, 5.74) is -2.45. The number of hydrogen-bond donors (Lipinski definition) is 0. The molecular weight excluding hydrogens is 763 g/mol. The van der Waals surface area contributed by atoms with Gasteiger partial charge in [-0.15, -0.1) is 0 Å². The molecule has 0 aliphatic rings. The summed E-state index contributed by atoms with van der Waals surface area (Å²) in [5, 5.41) is 0.